The SMILES string of the molecule is Cl.O=C(C1CC12CCNCC2)N1CCC(COc2ccccc2)CC1. The van der Waals surface area contributed by atoms with Gasteiger partial charge in [0.15, 0.2) is 0 Å². The Labute approximate surface area is 156 Å². The molecule has 5 heteroatoms. The summed E-state index contributed by atoms with van der Waals surface area (Å²) in [4.78, 5) is 14.9. The number of hydrogen-bond donors (Lipinski definition) is 1. The number of halogens is 1. The third kappa shape index (κ3) is 4.12. The van der Waals surface area contributed by atoms with Gasteiger partial charge in [0, 0.05) is 19.0 Å². The molecule has 2 heterocycles. The van der Waals surface area contributed by atoms with E-state index >= 15 is 0 Å². The summed E-state index contributed by atoms with van der Waals surface area (Å²) in [5.74, 6) is 2.26. The number of para-hydroxylation sites is 1. The average molecular weight is 365 g/mol. The Kier molecular flexibility index (Phi) is 5.90. The zero-order valence-corrected chi connectivity index (χ0v) is 15.6. The third-order valence-corrected chi connectivity index (χ3v) is 6.24. The summed E-state index contributed by atoms with van der Waals surface area (Å²) in [6.45, 7) is 4.76. The first-order chi connectivity index (χ1) is 11.8. The van der Waals surface area contributed by atoms with Gasteiger partial charge >= 0.3 is 0 Å². The van der Waals surface area contributed by atoms with Crippen LogP contribution >= 0.6 is 12.4 Å². The van der Waals surface area contributed by atoms with Crippen LogP contribution in [0.5, 0.6) is 5.75 Å². The van der Waals surface area contributed by atoms with Crippen LogP contribution in [-0.4, -0.2) is 43.6 Å². The lowest BCUT2D eigenvalue weighted by atomic mass is 9.91. The van der Waals surface area contributed by atoms with E-state index in [0.29, 0.717) is 23.2 Å². The van der Waals surface area contributed by atoms with Gasteiger partial charge in [-0.15, -0.1) is 12.4 Å². The first kappa shape index (κ1) is 18.5. The Balaban J connectivity index is 0.00000182. The van der Waals surface area contributed by atoms with E-state index < -0.39 is 0 Å². The largest absolute Gasteiger partial charge is 0.493 e. The highest BCUT2D eigenvalue weighted by atomic mass is 35.5. The van der Waals surface area contributed by atoms with Crippen molar-refractivity contribution >= 4 is 18.3 Å². The highest BCUT2D eigenvalue weighted by Crippen LogP contribution is 2.59. The van der Waals surface area contributed by atoms with E-state index in [2.05, 4.69) is 10.2 Å². The topological polar surface area (TPSA) is 41.6 Å². The molecule has 1 amide bonds. The molecular weight excluding hydrogens is 336 g/mol. The van der Waals surface area contributed by atoms with Crippen LogP contribution in [0.25, 0.3) is 0 Å². The van der Waals surface area contributed by atoms with E-state index in [9.17, 15) is 4.79 Å². The number of piperidine rings is 2. The van der Waals surface area contributed by atoms with Gasteiger partial charge in [0.25, 0.3) is 0 Å². The molecule has 1 aromatic carbocycles. The number of rotatable bonds is 4. The molecule has 25 heavy (non-hydrogen) atoms. The van der Waals surface area contributed by atoms with Crippen LogP contribution in [0.2, 0.25) is 0 Å². The Hall–Kier alpha value is -1.26. The molecular formula is C20H29ClN2O2. The summed E-state index contributed by atoms with van der Waals surface area (Å²) in [6.07, 6.45) is 5.64. The van der Waals surface area contributed by atoms with Crippen LogP contribution < -0.4 is 10.1 Å². The van der Waals surface area contributed by atoms with Crippen LogP contribution in [0, 0.1) is 17.3 Å². The lowest BCUT2D eigenvalue weighted by Gasteiger charge is -2.33. The molecule has 0 aromatic heterocycles. The number of likely N-dealkylation sites (tertiary alicyclic amines) is 1. The quantitative estimate of drug-likeness (QED) is 0.892. The van der Waals surface area contributed by atoms with Gasteiger partial charge in [-0.05, 0) is 68.7 Å². The molecule has 1 aliphatic carbocycles. The van der Waals surface area contributed by atoms with E-state index in [0.717, 1.165) is 57.8 Å². The predicted molar refractivity (Wildman–Crippen MR) is 101 cm³/mol. The summed E-state index contributed by atoms with van der Waals surface area (Å²) in [7, 11) is 0. The van der Waals surface area contributed by atoms with Gasteiger partial charge in [0.1, 0.15) is 5.75 Å². The average Bonchev–Trinajstić information content (AvgIpc) is 3.34. The van der Waals surface area contributed by atoms with Gasteiger partial charge in [-0.25, -0.2) is 0 Å². The second kappa shape index (κ2) is 7.96. The standard InChI is InChI=1S/C20H28N2O2.ClH/c23-19(18-14-20(18)8-10-21-11-9-20)22-12-6-16(7-13-22)15-24-17-4-2-1-3-5-17;/h1-5,16,18,21H,6-15H2;1H. The first-order valence-electron chi connectivity index (χ1n) is 9.44. The van der Waals surface area contributed by atoms with Crippen LogP contribution in [0.15, 0.2) is 30.3 Å². The number of carbonyl (C=O) groups excluding carboxylic acids is 1. The molecule has 1 unspecified atom stereocenters. The van der Waals surface area contributed by atoms with Gasteiger partial charge in [-0.3, -0.25) is 4.79 Å². The maximum atomic E-state index is 12.8. The molecule has 1 atom stereocenters. The number of nitrogens with one attached hydrogen (secondary N) is 1. The van der Waals surface area contributed by atoms with Gasteiger partial charge in [-0.1, -0.05) is 18.2 Å². The number of carbonyl (C=O) groups is 1. The maximum Gasteiger partial charge on any atom is 0.226 e. The zero-order chi connectivity index (χ0) is 16.4. The fourth-order valence-corrected chi connectivity index (χ4v) is 4.45. The molecule has 3 aliphatic rings. The normalized spacial score (nSPS) is 25.3. The number of amides is 1. The summed E-state index contributed by atoms with van der Waals surface area (Å²) < 4.78 is 5.88. The van der Waals surface area contributed by atoms with E-state index in [4.69, 9.17) is 4.74 Å². The molecule has 0 radical (unpaired) electrons. The lowest BCUT2D eigenvalue weighted by Crippen LogP contribution is -2.42. The Morgan fingerprint density at radius 2 is 1.84 bits per heavy atom. The molecule has 2 saturated heterocycles. The van der Waals surface area contributed by atoms with Crippen molar-refractivity contribution in [3.8, 4) is 5.75 Å². The van der Waals surface area contributed by atoms with Gasteiger partial charge in [0.2, 0.25) is 5.91 Å². The molecule has 4 rings (SSSR count). The first-order valence-corrected chi connectivity index (χ1v) is 9.44. The van der Waals surface area contributed by atoms with E-state index in [1.807, 2.05) is 30.3 Å². The van der Waals surface area contributed by atoms with Crippen molar-refractivity contribution in [3.63, 3.8) is 0 Å². The highest BCUT2D eigenvalue weighted by molar-refractivity contribution is 5.85. The number of hydrogen-bond acceptors (Lipinski definition) is 3. The minimum absolute atomic E-state index is 0. The monoisotopic (exact) mass is 364 g/mol. The van der Waals surface area contributed by atoms with Crippen LogP contribution in [0.4, 0.5) is 0 Å². The number of nitrogens with zero attached hydrogens (tertiary/aromatic N) is 1. The fraction of sp³-hybridized carbons (Fsp3) is 0.650. The molecule has 4 nitrogen and oxygen atoms in total. The summed E-state index contributed by atoms with van der Waals surface area (Å²) in [6, 6.07) is 10.0. The number of ether oxygens (including phenoxy) is 1. The Bertz CT molecular complexity index is 566. The summed E-state index contributed by atoms with van der Waals surface area (Å²) in [5, 5.41) is 3.41. The van der Waals surface area contributed by atoms with Crippen LogP contribution in [0.1, 0.15) is 32.1 Å². The lowest BCUT2D eigenvalue weighted by molar-refractivity contribution is -0.135. The fourth-order valence-electron chi connectivity index (χ4n) is 4.45. The predicted octanol–water partition coefficient (Wildman–Crippen LogP) is 3.12. The van der Waals surface area contributed by atoms with Crippen molar-refractivity contribution in [2.45, 2.75) is 32.1 Å². The van der Waals surface area contributed by atoms with Crippen molar-refractivity contribution in [1.29, 1.82) is 0 Å². The second-order valence-corrected chi connectivity index (χ2v) is 7.76. The van der Waals surface area contributed by atoms with Crippen molar-refractivity contribution in [3.05, 3.63) is 30.3 Å². The molecule has 0 bridgehead atoms. The van der Waals surface area contributed by atoms with Gasteiger partial charge in [0.05, 0.1) is 6.61 Å². The van der Waals surface area contributed by atoms with Crippen LogP contribution in [-0.2, 0) is 4.79 Å². The van der Waals surface area contributed by atoms with E-state index in [1.54, 1.807) is 0 Å². The zero-order valence-electron chi connectivity index (χ0n) is 14.8. The molecule has 3 fully saturated rings. The van der Waals surface area contributed by atoms with Crippen LogP contribution in [0.3, 0.4) is 0 Å². The Morgan fingerprint density at radius 1 is 1.16 bits per heavy atom. The molecule has 138 valence electrons. The van der Waals surface area contributed by atoms with Gasteiger partial charge in [-0.2, -0.15) is 0 Å². The highest BCUT2D eigenvalue weighted by Gasteiger charge is 2.58. The molecule has 1 saturated carbocycles. The summed E-state index contributed by atoms with van der Waals surface area (Å²) >= 11 is 0. The smallest absolute Gasteiger partial charge is 0.226 e. The third-order valence-electron chi connectivity index (χ3n) is 6.24. The van der Waals surface area contributed by atoms with Crippen molar-refractivity contribution in [2.24, 2.45) is 17.3 Å². The van der Waals surface area contributed by atoms with E-state index in [1.165, 1.54) is 12.8 Å². The van der Waals surface area contributed by atoms with Crippen molar-refractivity contribution in [1.82, 2.24) is 10.2 Å². The van der Waals surface area contributed by atoms with E-state index in [-0.39, 0.29) is 12.4 Å². The maximum absolute atomic E-state index is 12.8. The number of benzene rings is 1. The molecule has 1 N–H and O–H groups in total. The van der Waals surface area contributed by atoms with Crippen molar-refractivity contribution < 1.29 is 9.53 Å². The second-order valence-electron chi connectivity index (χ2n) is 7.76. The minimum Gasteiger partial charge on any atom is -0.493 e. The molecule has 2 aliphatic heterocycles. The Morgan fingerprint density at radius 3 is 2.52 bits per heavy atom. The molecule has 1 spiro atoms. The minimum atomic E-state index is 0. The summed E-state index contributed by atoms with van der Waals surface area (Å²) in [5.41, 5.74) is 0.357. The van der Waals surface area contributed by atoms with Crippen molar-refractivity contribution in [2.75, 3.05) is 32.8 Å². The molecule has 1 aromatic rings. The van der Waals surface area contributed by atoms with Gasteiger partial charge < -0.3 is 15.0 Å².